The van der Waals surface area contributed by atoms with E-state index >= 15 is 0 Å². The van der Waals surface area contributed by atoms with Crippen LogP contribution in [0, 0.1) is 11.8 Å². The highest BCUT2D eigenvalue weighted by Crippen LogP contribution is 2.45. The van der Waals surface area contributed by atoms with E-state index in [1.165, 1.54) is 43.8 Å². The van der Waals surface area contributed by atoms with Crippen molar-refractivity contribution in [2.75, 3.05) is 14.2 Å². The van der Waals surface area contributed by atoms with E-state index in [0.717, 1.165) is 24.8 Å². The first-order valence-corrected chi connectivity index (χ1v) is 8.85. The Labute approximate surface area is 143 Å². The van der Waals surface area contributed by atoms with Crippen molar-refractivity contribution in [2.24, 2.45) is 11.8 Å². The van der Waals surface area contributed by atoms with Crippen LogP contribution in [0.2, 0.25) is 0 Å². The SMILES string of the molecule is COC(=O)C[C@@H]1c2ccc3c(c2C[C@@H](C)[C@H]1C(=O)OC)CCCC3. The molecular weight excluding hydrogens is 304 g/mol. The summed E-state index contributed by atoms with van der Waals surface area (Å²) in [7, 11) is 2.82. The maximum absolute atomic E-state index is 12.4. The second kappa shape index (κ2) is 6.96. The predicted molar refractivity (Wildman–Crippen MR) is 90.8 cm³/mol. The Balaban J connectivity index is 2.07. The molecule has 1 aromatic rings. The van der Waals surface area contributed by atoms with Gasteiger partial charge in [-0.2, -0.15) is 0 Å². The van der Waals surface area contributed by atoms with Gasteiger partial charge in [-0.25, -0.2) is 0 Å². The molecule has 0 fully saturated rings. The third-order valence-corrected chi connectivity index (χ3v) is 5.75. The molecule has 0 aromatic heterocycles. The fourth-order valence-corrected chi connectivity index (χ4v) is 4.58. The monoisotopic (exact) mass is 330 g/mol. The van der Waals surface area contributed by atoms with Crippen molar-refractivity contribution in [3.05, 3.63) is 34.4 Å². The molecule has 1 aromatic carbocycles. The maximum atomic E-state index is 12.4. The molecule has 0 radical (unpaired) electrons. The fraction of sp³-hybridized carbons (Fsp3) is 0.600. The first kappa shape index (κ1) is 17.0. The maximum Gasteiger partial charge on any atom is 0.309 e. The standard InChI is InChI=1S/C20H26O4/c1-12-10-16-14-7-5-4-6-13(14)8-9-15(16)17(11-18(21)23-2)19(12)20(22)24-3/h8-9,12,17,19H,4-7,10-11H2,1-3H3/t12-,17-,19-/m1/s1. The number of aryl methyl sites for hydroxylation is 1. The molecule has 4 nitrogen and oxygen atoms in total. The molecule has 0 heterocycles. The normalized spacial score (nSPS) is 25.4. The number of rotatable bonds is 3. The van der Waals surface area contributed by atoms with Crippen LogP contribution >= 0.6 is 0 Å². The number of ether oxygens (including phenoxy) is 2. The Morgan fingerprint density at radius 3 is 2.54 bits per heavy atom. The Hall–Kier alpha value is -1.84. The Kier molecular flexibility index (Phi) is 4.93. The third-order valence-electron chi connectivity index (χ3n) is 5.75. The number of hydrogen-bond acceptors (Lipinski definition) is 4. The number of carbonyl (C=O) groups is 2. The van der Waals surface area contributed by atoms with Crippen LogP contribution in [0.15, 0.2) is 12.1 Å². The average molecular weight is 330 g/mol. The van der Waals surface area contributed by atoms with Gasteiger partial charge in [-0.1, -0.05) is 19.1 Å². The molecule has 2 aliphatic rings. The average Bonchev–Trinajstić information content (AvgIpc) is 2.60. The highest BCUT2D eigenvalue weighted by Gasteiger charge is 2.42. The Morgan fingerprint density at radius 2 is 1.83 bits per heavy atom. The predicted octanol–water partition coefficient (Wildman–Crippen LogP) is 3.19. The summed E-state index contributed by atoms with van der Waals surface area (Å²) in [6, 6.07) is 4.33. The molecule has 24 heavy (non-hydrogen) atoms. The summed E-state index contributed by atoms with van der Waals surface area (Å²) < 4.78 is 9.93. The van der Waals surface area contributed by atoms with Crippen LogP contribution < -0.4 is 0 Å². The number of esters is 2. The number of hydrogen-bond donors (Lipinski definition) is 0. The molecule has 0 saturated carbocycles. The van der Waals surface area contributed by atoms with E-state index in [9.17, 15) is 9.59 Å². The van der Waals surface area contributed by atoms with Crippen molar-refractivity contribution < 1.29 is 19.1 Å². The van der Waals surface area contributed by atoms with Gasteiger partial charge in [-0.05, 0) is 60.3 Å². The molecule has 0 N–H and O–H groups in total. The van der Waals surface area contributed by atoms with Crippen LogP contribution in [0.4, 0.5) is 0 Å². The van der Waals surface area contributed by atoms with E-state index < -0.39 is 0 Å². The smallest absolute Gasteiger partial charge is 0.309 e. The molecule has 2 aliphatic carbocycles. The second-order valence-corrected chi connectivity index (χ2v) is 7.10. The number of methoxy groups -OCH3 is 2. The number of carbonyl (C=O) groups excluding carboxylic acids is 2. The van der Waals surface area contributed by atoms with Crippen LogP contribution in [0.25, 0.3) is 0 Å². The molecule has 0 saturated heterocycles. The van der Waals surface area contributed by atoms with E-state index in [0.29, 0.717) is 0 Å². The molecular formula is C20H26O4. The third kappa shape index (κ3) is 2.94. The zero-order chi connectivity index (χ0) is 17.3. The molecule has 130 valence electrons. The van der Waals surface area contributed by atoms with Crippen LogP contribution in [0.5, 0.6) is 0 Å². The highest BCUT2D eigenvalue weighted by atomic mass is 16.5. The lowest BCUT2D eigenvalue weighted by atomic mass is 9.66. The van der Waals surface area contributed by atoms with Crippen molar-refractivity contribution >= 4 is 11.9 Å². The zero-order valence-corrected chi connectivity index (χ0v) is 14.8. The van der Waals surface area contributed by atoms with Gasteiger partial charge in [0.05, 0.1) is 26.6 Å². The van der Waals surface area contributed by atoms with Gasteiger partial charge >= 0.3 is 11.9 Å². The summed E-state index contributed by atoms with van der Waals surface area (Å²) in [5.41, 5.74) is 5.42. The zero-order valence-electron chi connectivity index (χ0n) is 14.8. The lowest BCUT2D eigenvalue weighted by molar-refractivity contribution is -0.150. The molecule has 0 amide bonds. The molecule has 3 atom stereocenters. The largest absolute Gasteiger partial charge is 0.469 e. The minimum Gasteiger partial charge on any atom is -0.469 e. The summed E-state index contributed by atoms with van der Waals surface area (Å²) in [6.07, 6.45) is 5.83. The number of fused-ring (bicyclic) bond motifs is 3. The van der Waals surface area contributed by atoms with Crippen molar-refractivity contribution in [3.63, 3.8) is 0 Å². The van der Waals surface area contributed by atoms with Crippen LogP contribution in [-0.2, 0) is 38.3 Å². The highest BCUT2D eigenvalue weighted by molar-refractivity contribution is 5.78. The number of benzene rings is 1. The van der Waals surface area contributed by atoms with Crippen LogP contribution in [0.1, 0.15) is 54.4 Å². The fourth-order valence-electron chi connectivity index (χ4n) is 4.58. The van der Waals surface area contributed by atoms with E-state index in [-0.39, 0.29) is 36.1 Å². The second-order valence-electron chi connectivity index (χ2n) is 7.10. The first-order chi connectivity index (χ1) is 11.6. The van der Waals surface area contributed by atoms with E-state index in [2.05, 4.69) is 19.1 Å². The summed E-state index contributed by atoms with van der Waals surface area (Å²) >= 11 is 0. The summed E-state index contributed by atoms with van der Waals surface area (Å²) in [5.74, 6) is -0.779. The molecule has 0 aliphatic heterocycles. The van der Waals surface area contributed by atoms with Crippen molar-refractivity contribution in [3.8, 4) is 0 Å². The van der Waals surface area contributed by atoms with E-state index in [1.54, 1.807) is 0 Å². The minimum atomic E-state index is -0.289. The molecule has 0 unspecified atom stereocenters. The summed E-state index contributed by atoms with van der Waals surface area (Å²) in [4.78, 5) is 24.3. The van der Waals surface area contributed by atoms with Crippen molar-refractivity contribution in [1.29, 1.82) is 0 Å². The first-order valence-electron chi connectivity index (χ1n) is 8.85. The lowest BCUT2D eigenvalue weighted by Gasteiger charge is -2.38. The van der Waals surface area contributed by atoms with Gasteiger partial charge in [0.2, 0.25) is 0 Å². The summed E-state index contributed by atoms with van der Waals surface area (Å²) in [6.45, 7) is 2.09. The van der Waals surface area contributed by atoms with Crippen molar-refractivity contribution in [2.45, 2.75) is 51.4 Å². The topological polar surface area (TPSA) is 52.6 Å². The lowest BCUT2D eigenvalue weighted by Crippen LogP contribution is -2.37. The van der Waals surface area contributed by atoms with Crippen LogP contribution in [0.3, 0.4) is 0 Å². The van der Waals surface area contributed by atoms with Gasteiger partial charge in [0.25, 0.3) is 0 Å². The van der Waals surface area contributed by atoms with E-state index in [4.69, 9.17) is 9.47 Å². The van der Waals surface area contributed by atoms with Gasteiger partial charge in [-0.3, -0.25) is 9.59 Å². The van der Waals surface area contributed by atoms with E-state index in [1.807, 2.05) is 0 Å². The molecule has 0 bridgehead atoms. The van der Waals surface area contributed by atoms with Gasteiger partial charge in [-0.15, -0.1) is 0 Å². The quantitative estimate of drug-likeness (QED) is 0.799. The van der Waals surface area contributed by atoms with Crippen molar-refractivity contribution in [1.82, 2.24) is 0 Å². The van der Waals surface area contributed by atoms with Gasteiger partial charge < -0.3 is 9.47 Å². The Bertz CT molecular complexity index is 649. The summed E-state index contributed by atoms with van der Waals surface area (Å²) in [5, 5.41) is 0. The van der Waals surface area contributed by atoms with Gasteiger partial charge in [0.1, 0.15) is 0 Å². The molecule has 0 spiro atoms. The Morgan fingerprint density at radius 1 is 1.08 bits per heavy atom. The molecule has 4 heteroatoms. The van der Waals surface area contributed by atoms with Crippen LogP contribution in [-0.4, -0.2) is 26.2 Å². The van der Waals surface area contributed by atoms with Gasteiger partial charge in [0, 0.05) is 5.92 Å². The molecule has 3 rings (SSSR count). The van der Waals surface area contributed by atoms with Gasteiger partial charge in [0.15, 0.2) is 0 Å². The minimum absolute atomic E-state index is 0.157.